The number of rotatable bonds is 5. The Hall–Kier alpha value is -0.570. The zero-order chi connectivity index (χ0) is 14.4. The first-order chi connectivity index (χ1) is 9.66. The Morgan fingerprint density at radius 2 is 2.05 bits per heavy atom. The average molecular weight is 295 g/mol. The van der Waals surface area contributed by atoms with Gasteiger partial charge in [-0.15, -0.1) is 0 Å². The van der Waals surface area contributed by atoms with Crippen LogP contribution in [0.25, 0.3) is 0 Å². The molecular formula is C17H27ClN2. The highest BCUT2D eigenvalue weighted by Crippen LogP contribution is 2.23. The molecule has 3 atom stereocenters. The molecule has 2 nitrogen and oxygen atoms in total. The van der Waals surface area contributed by atoms with Gasteiger partial charge in [-0.25, -0.2) is 0 Å². The third kappa shape index (κ3) is 4.76. The minimum absolute atomic E-state index is 0.296. The van der Waals surface area contributed by atoms with Crippen molar-refractivity contribution in [1.82, 2.24) is 10.6 Å². The molecule has 0 aromatic heterocycles. The van der Waals surface area contributed by atoms with E-state index in [-0.39, 0.29) is 0 Å². The Balaban J connectivity index is 1.84. The molecule has 112 valence electrons. The van der Waals surface area contributed by atoms with Gasteiger partial charge in [0.1, 0.15) is 0 Å². The van der Waals surface area contributed by atoms with Crippen LogP contribution in [0.1, 0.15) is 57.6 Å². The average Bonchev–Trinajstić information content (AvgIpc) is 2.67. The Labute approximate surface area is 128 Å². The van der Waals surface area contributed by atoms with Crippen LogP contribution in [0.4, 0.5) is 0 Å². The maximum Gasteiger partial charge on any atom is 0.0453 e. The smallest absolute Gasteiger partial charge is 0.0453 e. The largest absolute Gasteiger partial charge is 0.314 e. The fraction of sp³-hybridized carbons (Fsp3) is 0.647. The normalized spacial score (nSPS) is 23.1. The Morgan fingerprint density at radius 1 is 1.25 bits per heavy atom. The lowest BCUT2D eigenvalue weighted by molar-refractivity contribution is 0.380. The van der Waals surface area contributed by atoms with Crippen molar-refractivity contribution in [1.29, 1.82) is 0 Å². The maximum atomic E-state index is 6.26. The first kappa shape index (κ1) is 15.8. The molecule has 2 unspecified atom stereocenters. The quantitative estimate of drug-likeness (QED) is 0.846. The molecule has 0 aliphatic carbocycles. The minimum atomic E-state index is 0.296. The summed E-state index contributed by atoms with van der Waals surface area (Å²) < 4.78 is 0. The summed E-state index contributed by atoms with van der Waals surface area (Å²) >= 11 is 6.26. The molecule has 0 radical (unpaired) electrons. The summed E-state index contributed by atoms with van der Waals surface area (Å²) in [5.41, 5.74) is 1.19. The highest BCUT2D eigenvalue weighted by atomic mass is 35.5. The number of hydrogen-bond acceptors (Lipinski definition) is 2. The molecule has 2 rings (SSSR count). The molecule has 1 aromatic rings. The van der Waals surface area contributed by atoms with Crippen molar-refractivity contribution in [2.75, 3.05) is 6.54 Å². The van der Waals surface area contributed by atoms with Crippen LogP contribution in [-0.2, 0) is 0 Å². The van der Waals surface area contributed by atoms with Gasteiger partial charge in [-0.1, -0.05) is 42.6 Å². The molecule has 1 saturated heterocycles. The zero-order valence-corrected chi connectivity index (χ0v) is 13.4. The summed E-state index contributed by atoms with van der Waals surface area (Å²) in [4.78, 5) is 0. The molecule has 1 aromatic carbocycles. The van der Waals surface area contributed by atoms with Crippen LogP contribution < -0.4 is 10.6 Å². The predicted octanol–water partition coefficient (Wildman–Crippen LogP) is 4.30. The minimum Gasteiger partial charge on any atom is -0.314 e. The van der Waals surface area contributed by atoms with Gasteiger partial charge in [0.2, 0.25) is 0 Å². The predicted molar refractivity (Wildman–Crippen MR) is 87.3 cm³/mol. The molecule has 0 bridgehead atoms. The van der Waals surface area contributed by atoms with E-state index < -0.39 is 0 Å². The molecule has 3 heteroatoms. The summed E-state index contributed by atoms with van der Waals surface area (Å²) in [6, 6.07) is 9.57. The standard InChI is InChI=1S/C17H27ClN2/c1-13(12-15-8-4-3-7-11-19-15)20-14(2)16-9-5-6-10-17(16)18/h5-6,9-10,13-15,19-20H,3-4,7-8,11-12H2,1-2H3/t13?,14-,15?/m1/s1. The summed E-state index contributed by atoms with van der Waals surface area (Å²) in [5.74, 6) is 0. The SMILES string of the molecule is CC(CC1CCCCCN1)N[C@H](C)c1ccccc1Cl. The van der Waals surface area contributed by atoms with Crippen LogP contribution in [0.3, 0.4) is 0 Å². The second kappa shape index (κ2) is 8.02. The molecule has 20 heavy (non-hydrogen) atoms. The van der Waals surface area contributed by atoms with Gasteiger partial charge in [0, 0.05) is 23.1 Å². The van der Waals surface area contributed by atoms with E-state index in [1.807, 2.05) is 12.1 Å². The number of nitrogens with one attached hydrogen (secondary N) is 2. The Bertz CT molecular complexity index is 400. The van der Waals surface area contributed by atoms with Crippen molar-refractivity contribution in [3.05, 3.63) is 34.9 Å². The second-order valence-electron chi connectivity index (χ2n) is 6.05. The van der Waals surface area contributed by atoms with E-state index in [4.69, 9.17) is 11.6 Å². The molecule has 0 spiro atoms. The van der Waals surface area contributed by atoms with Gasteiger partial charge in [0.05, 0.1) is 0 Å². The topological polar surface area (TPSA) is 24.1 Å². The maximum absolute atomic E-state index is 6.26. The first-order valence-electron chi connectivity index (χ1n) is 7.90. The van der Waals surface area contributed by atoms with E-state index >= 15 is 0 Å². The van der Waals surface area contributed by atoms with Crippen LogP contribution in [0.15, 0.2) is 24.3 Å². The van der Waals surface area contributed by atoms with E-state index in [9.17, 15) is 0 Å². The third-order valence-electron chi connectivity index (χ3n) is 4.21. The van der Waals surface area contributed by atoms with Crippen molar-refractivity contribution in [3.8, 4) is 0 Å². The molecule has 0 saturated carbocycles. The van der Waals surface area contributed by atoms with Crippen LogP contribution in [0, 0.1) is 0 Å². The Kier molecular flexibility index (Phi) is 6.34. The van der Waals surface area contributed by atoms with Crippen LogP contribution >= 0.6 is 11.6 Å². The summed E-state index contributed by atoms with van der Waals surface area (Å²) in [5, 5.41) is 8.21. The molecule has 1 fully saturated rings. The summed E-state index contributed by atoms with van der Waals surface area (Å²) in [7, 11) is 0. The van der Waals surface area contributed by atoms with E-state index in [1.54, 1.807) is 0 Å². The third-order valence-corrected chi connectivity index (χ3v) is 4.55. The van der Waals surface area contributed by atoms with Gasteiger partial charge in [0.25, 0.3) is 0 Å². The van der Waals surface area contributed by atoms with Gasteiger partial charge in [-0.05, 0) is 51.3 Å². The molecule has 0 amide bonds. The number of benzene rings is 1. The van der Waals surface area contributed by atoms with Crippen LogP contribution in [0.2, 0.25) is 5.02 Å². The molecule has 1 aliphatic heterocycles. The lowest BCUT2D eigenvalue weighted by Crippen LogP contribution is -2.37. The second-order valence-corrected chi connectivity index (χ2v) is 6.45. The fourth-order valence-electron chi connectivity index (χ4n) is 3.14. The van der Waals surface area contributed by atoms with Gasteiger partial charge >= 0.3 is 0 Å². The lowest BCUT2D eigenvalue weighted by Gasteiger charge is -2.25. The van der Waals surface area contributed by atoms with Crippen molar-refractivity contribution >= 4 is 11.6 Å². The van der Waals surface area contributed by atoms with E-state index in [0.717, 1.165) is 5.02 Å². The molecule has 2 N–H and O–H groups in total. The van der Waals surface area contributed by atoms with E-state index in [1.165, 1.54) is 44.2 Å². The number of hydrogen-bond donors (Lipinski definition) is 2. The molecule has 1 heterocycles. The van der Waals surface area contributed by atoms with Crippen LogP contribution in [-0.4, -0.2) is 18.6 Å². The Morgan fingerprint density at radius 3 is 2.85 bits per heavy atom. The first-order valence-corrected chi connectivity index (χ1v) is 8.28. The van der Waals surface area contributed by atoms with Gasteiger partial charge in [-0.3, -0.25) is 0 Å². The van der Waals surface area contributed by atoms with Gasteiger partial charge in [-0.2, -0.15) is 0 Å². The number of halogens is 1. The monoisotopic (exact) mass is 294 g/mol. The lowest BCUT2D eigenvalue weighted by atomic mass is 10.0. The highest BCUT2D eigenvalue weighted by molar-refractivity contribution is 6.31. The van der Waals surface area contributed by atoms with Crippen molar-refractivity contribution in [2.45, 2.75) is 64.1 Å². The van der Waals surface area contributed by atoms with E-state index in [2.05, 4.69) is 36.6 Å². The molecular weight excluding hydrogens is 268 g/mol. The van der Waals surface area contributed by atoms with Gasteiger partial charge in [0.15, 0.2) is 0 Å². The fourth-order valence-corrected chi connectivity index (χ4v) is 3.44. The van der Waals surface area contributed by atoms with Crippen molar-refractivity contribution in [3.63, 3.8) is 0 Å². The van der Waals surface area contributed by atoms with E-state index in [0.29, 0.717) is 18.1 Å². The summed E-state index contributed by atoms with van der Waals surface area (Å²) in [6.07, 6.45) is 6.57. The summed E-state index contributed by atoms with van der Waals surface area (Å²) in [6.45, 7) is 5.65. The van der Waals surface area contributed by atoms with Gasteiger partial charge < -0.3 is 10.6 Å². The van der Waals surface area contributed by atoms with Crippen molar-refractivity contribution < 1.29 is 0 Å². The highest BCUT2D eigenvalue weighted by Gasteiger charge is 2.17. The van der Waals surface area contributed by atoms with Crippen LogP contribution in [0.5, 0.6) is 0 Å². The molecule has 1 aliphatic rings. The van der Waals surface area contributed by atoms with Crippen molar-refractivity contribution in [2.24, 2.45) is 0 Å². The zero-order valence-electron chi connectivity index (χ0n) is 12.7.